The molecule has 1 aromatic carbocycles. The molecule has 0 fully saturated rings. The van der Waals surface area contributed by atoms with Crippen LogP contribution in [0.1, 0.15) is 22.4 Å². The Hall–Kier alpha value is -1.32. The summed E-state index contributed by atoms with van der Waals surface area (Å²) in [6, 6.07) is 6.73. The van der Waals surface area contributed by atoms with E-state index in [9.17, 15) is 0 Å². The van der Waals surface area contributed by atoms with Gasteiger partial charge < -0.3 is 5.32 Å². The van der Waals surface area contributed by atoms with E-state index in [1.54, 1.807) is 0 Å². The highest BCUT2D eigenvalue weighted by molar-refractivity contribution is 6.30. The van der Waals surface area contributed by atoms with Crippen LogP contribution in [0.5, 0.6) is 0 Å². The molecule has 1 atom stereocenters. The fraction of sp³-hybridized carbons (Fsp3) is 0.400. The van der Waals surface area contributed by atoms with Gasteiger partial charge in [-0.2, -0.15) is 5.10 Å². The molecule has 0 spiro atoms. The molecule has 0 saturated carbocycles. The van der Waals surface area contributed by atoms with Crippen LogP contribution in [0.3, 0.4) is 0 Å². The monoisotopic (exact) mass is 275 g/mol. The number of nitrogens with zero attached hydrogens (tertiary/aromatic N) is 2. The molecule has 0 radical (unpaired) electrons. The summed E-state index contributed by atoms with van der Waals surface area (Å²) in [6.07, 6.45) is 4.24. The Labute approximate surface area is 118 Å². The Morgan fingerprint density at radius 2 is 2.16 bits per heavy atom. The van der Waals surface area contributed by atoms with Gasteiger partial charge >= 0.3 is 0 Å². The third-order valence-corrected chi connectivity index (χ3v) is 4.03. The molecular formula is C15H18ClN3. The Morgan fingerprint density at radius 3 is 2.89 bits per heavy atom. The summed E-state index contributed by atoms with van der Waals surface area (Å²) in [5.41, 5.74) is 5.18. The molecule has 1 unspecified atom stereocenters. The lowest BCUT2D eigenvalue weighted by Crippen LogP contribution is -2.29. The quantitative estimate of drug-likeness (QED) is 0.933. The van der Waals surface area contributed by atoms with Gasteiger partial charge in [0.1, 0.15) is 0 Å². The second kappa shape index (κ2) is 4.99. The fourth-order valence-electron chi connectivity index (χ4n) is 2.81. The van der Waals surface area contributed by atoms with Crippen molar-refractivity contribution in [3.8, 4) is 0 Å². The van der Waals surface area contributed by atoms with E-state index in [1.165, 1.54) is 16.7 Å². The molecule has 0 amide bonds. The van der Waals surface area contributed by atoms with Crippen LogP contribution in [0.2, 0.25) is 5.02 Å². The lowest BCUT2D eigenvalue weighted by atomic mass is 10.1. The maximum atomic E-state index is 6.04. The molecule has 1 heterocycles. The normalized spacial score (nSPS) is 17.7. The van der Waals surface area contributed by atoms with Crippen molar-refractivity contribution in [3.63, 3.8) is 0 Å². The van der Waals surface area contributed by atoms with E-state index in [-0.39, 0.29) is 0 Å². The van der Waals surface area contributed by atoms with Crippen LogP contribution in [0.25, 0.3) is 0 Å². The number of rotatable bonds is 3. The van der Waals surface area contributed by atoms with Gasteiger partial charge in [-0.25, -0.2) is 0 Å². The van der Waals surface area contributed by atoms with Crippen LogP contribution in [-0.2, 0) is 26.4 Å². The first kappa shape index (κ1) is 12.7. The summed E-state index contributed by atoms with van der Waals surface area (Å²) in [5, 5.41) is 8.82. The molecule has 100 valence electrons. The second-order valence-electron chi connectivity index (χ2n) is 5.31. The van der Waals surface area contributed by atoms with Gasteiger partial charge in [-0.15, -0.1) is 0 Å². The number of halogens is 1. The lowest BCUT2D eigenvalue weighted by molar-refractivity contribution is 0.532. The third kappa shape index (κ3) is 2.67. The molecule has 0 aliphatic heterocycles. The number of aromatic nitrogens is 2. The SMILES string of the molecule is Cc1nn(C)cc1CNC1Cc2ccc(Cl)cc2C1. The van der Waals surface area contributed by atoms with Crippen molar-refractivity contribution in [1.82, 2.24) is 15.1 Å². The Balaban J connectivity index is 1.63. The number of fused-ring (bicyclic) bond motifs is 1. The summed E-state index contributed by atoms with van der Waals surface area (Å²) in [7, 11) is 1.96. The molecule has 3 rings (SSSR count). The summed E-state index contributed by atoms with van der Waals surface area (Å²) in [6.45, 7) is 2.94. The Morgan fingerprint density at radius 1 is 1.37 bits per heavy atom. The molecule has 1 aromatic heterocycles. The zero-order valence-corrected chi connectivity index (χ0v) is 12.0. The summed E-state index contributed by atoms with van der Waals surface area (Å²) in [4.78, 5) is 0. The minimum Gasteiger partial charge on any atom is -0.309 e. The number of hydrogen-bond acceptors (Lipinski definition) is 2. The molecule has 1 N–H and O–H groups in total. The minimum atomic E-state index is 0.507. The Bertz CT molecular complexity index is 603. The number of nitrogens with one attached hydrogen (secondary N) is 1. The predicted octanol–water partition coefficient (Wildman–Crippen LogP) is 2.64. The van der Waals surface area contributed by atoms with Crippen molar-refractivity contribution < 1.29 is 0 Å². The van der Waals surface area contributed by atoms with E-state index < -0.39 is 0 Å². The zero-order chi connectivity index (χ0) is 13.4. The van der Waals surface area contributed by atoms with E-state index >= 15 is 0 Å². The molecule has 4 heteroatoms. The van der Waals surface area contributed by atoms with Crippen molar-refractivity contribution in [1.29, 1.82) is 0 Å². The van der Waals surface area contributed by atoms with E-state index in [1.807, 2.05) is 17.8 Å². The van der Waals surface area contributed by atoms with Crippen molar-refractivity contribution in [2.75, 3.05) is 0 Å². The van der Waals surface area contributed by atoms with Crippen molar-refractivity contribution in [3.05, 3.63) is 51.8 Å². The van der Waals surface area contributed by atoms with Gasteiger partial charge in [0, 0.05) is 36.4 Å². The van der Waals surface area contributed by atoms with Gasteiger partial charge in [-0.1, -0.05) is 17.7 Å². The Kier molecular flexibility index (Phi) is 3.33. The first-order chi connectivity index (χ1) is 9.11. The van der Waals surface area contributed by atoms with Crippen LogP contribution in [0.15, 0.2) is 24.4 Å². The minimum absolute atomic E-state index is 0.507. The summed E-state index contributed by atoms with van der Waals surface area (Å²) < 4.78 is 1.87. The molecule has 0 bridgehead atoms. The van der Waals surface area contributed by atoms with Crippen LogP contribution >= 0.6 is 11.6 Å². The van der Waals surface area contributed by atoms with Gasteiger partial charge in [0.15, 0.2) is 0 Å². The summed E-state index contributed by atoms with van der Waals surface area (Å²) >= 11 is 6.04. The van der Waals surface area contributed by atoms with Gasteiger partial charge in [-0.3, -0.25) is 4.68 Å². The lowest BCUT2D eigenvalue weighted by Gasteiger charge is -2.11. The fourth-order valence-corrected chi connectivity index (χ4v) is 3.00. The standard InChI is InChI=1S/C15H18ClN3/c1-10-13(9-19(2)18-10)8-17-15-6-11-3-4-14(16)5-12(11)7-15/h3-5,9,15,17H,6-8H2,1-2H3. The van der Waals surface area contributed by atoms with Gasteiger partial charge in [0.05, 0.1) is 5.69 Å². The number of benzene rings is 1. The van der Waals surface area contributed by atoms with Gasteiger partial charge in [0.2, 0.25) is 0 Å². The molecule has 2 aromatic rings. The molecule has 3 nitrogen and oxygen atoms in total. The van der Waals surface area contributed by atoms with E-state index in [4.69, 9.17) is 11.6 Å². The average molecular weight is 276 g/mol. The maximum Gasteiger partial charge on any atom is 0.0638 e. The van der Waals surface area contributed by atoms with Crippen molar-refractivity contribution in [2.24, 2.45) is 7.05 Å². The number of hydrogen-bond donors (Lipinski definition) is 1. The van der Waals surface area contributed by atoms with Gasteiger partial charge in [0.25, 0.3) is 0 Å². The van der Waals surface area contributed by atoms with Crippen molar-refractivity contribution in [2.45, 2.75) is 32.4 Å². The third-order valence-electron chi connectivity index (χ3n) is 3.80. The van der Waals surface area contributed by atoms with Crippen LogP contribution < -0.4 is 5.32 Å². The summed E-state index contributed by atoms with van der Waals surface area (Å²) in [5.74, 6) is 0. The van der Waals surface area contributed by atoms with Crippen molar-refractivity contribution >= 4 is 11.6 Å². The smallest absolute Gasteiger partial charge is 0.0638 e. The highest BCUT2D eigenvalue weighted by Crippen LogP contribution is 2.25. The highest BCUT2D eigenvalue weighted by atomic mass is 35.5. The van der Waals surface area contributed by atoms with Crippen LogP contribution in [-0.4, -0.2) is 15.8 Å². The van der Waals surface area contributed by atoms with E-state index in [0.29, 0.717) is 6.04 Å². The maximum absolute atomic E-state index is 6.04. The molecule has 1 aliphatic carbocycles. The number of aryl methyl sites for hydroxylation is 2. The predicted molar refractivity (Wildman–Crippen MR) is 77.4 cm³/mol. The molecule has 19 heavy (non-hydrogen) atoms. The second-order valence-corrected chi connectivity index (χ2v) is 5.75. The zero-order valence-electron chi connectivity index (χ0n) is 11.3. The average Bonchev–Trinajstić information content (AvgIpc) is 2.89. The molecule has 1 aliphatic rings. The van der Waals surface area contributed by atoms with Crippen LogP contribution in [0, 0.1) is 6.92 Å². The largest absolute Gasteiger partial charge is 0.309 e. The molecular weight excluding hydrogens is 258 g/mol. The highest BCUT2D eigenvalue weighted by Gasteiger charge is 2.21. The first-order valence-corrected chi connectivity index (χ1v) is 6.99. The topological polar surface area (TPSA) is 29.9 Å². The first-order valence-electron chi connectivity index (χ1n) is 6.61. The van der Waals surface area contributed by atoms with E-state index in [0.717, 1.165) is 30.1 Å². The van der Waals surface area contributed by atoms with Crippen LogP contribution in [0.4, 0.5) is 0 Å². The van der Waals surface area contributed by atoms with E-state index in [2.05, 4.69) is 35.7 Å². The van der Waals surface area contributed by atoms with Gasteiger partial charge in [-0.05, 0) is 43.0 Å². The molecule has 0 saturated heterocycles.